The fourth-order valence-electron chi connectivity index (χ4n) is 1.83. The SMILES string of the molecule is CC(C)CN(c1ccc(CN)cc1)C(C)C. The lowest BCUT2D eigenvalue weighted by Gasteiger charge is -2.30. The third-order valence-electron chi connectivity index (χ3n) is 2.69. The van der Waals surface area contributed by atoms with E-state index in [0.717, 1.165) is 6.54 Å². The van der Waals surface area contributed by atoms with E-state index in [1.54, 1.807) is 0 Å². The predicted molar refractivity (Wildman–Crippen MR) is 71.7 cm³/mol. The van der Waals surface area contributed by atoms with Crippen LogP contribution in [-0.4, -0.2) is 12.6 Å². The van der Waals surface area contributed by atoms with E-state index in [0.29, 0.717) is 18.5 Å². The molecule has 0 aliphatic rings. The van der Waals surface area contributed by atoms with Gasteiger partial charge in [-0.3, -0.25) is 0 Å². The average molecular weight is 220 g/mol. The van der Waals surface area contributed by atoms with Gasteiger partial charge in [0.2, 0.25) is 0 Å². The Kier molecular flexibility index (Phi) is 4.81. The van der Waals surface area contributed by atoms with E-state index in [4.69, 9.17) is 5.73 Å². The fraction of sp³-hybridized carbons (Fsp3) is 0.571. The van der Waals surface area contributed by atoms with E-state index in [1.807, 2.05) is 0 Å². The Morgan fingerprint density at radius 1 is 1.06 bits per heavy atom. The first kappa shape index (κ1) is 13.0. The largest absolute Gasteiger partial charge is 0.369 e. The highest BCUT2D eigenvalue weighted by Crippen LogP contribution is 2.19. The molecule has 0 atom stereocenters. The van der Waals surface area contributed by atoms with Crippen LogP contribution >= 0.6 is 0 Å². The zero-order chi connectivity index (χ0) is 12.1. The van der Waals surface area contributed by atoms with Gasteiger partial charge in [-0.25, -0.2) is 0 Å². The van der Waals surface area contributed by atoms with E-state index in [2.05, 4.69) is 56.9 Å². The first-order valence-corrected chi connectivity index (χ1v) is 6.10. The molecule has 90 valence electrons. The standard InChI is InChI=1S/C14H24N2/c1-11(2)10-16(12(3)4)14-7-5-13(9-15)6-8-14/h5-8,11-12H,9-10,15H2,1-4H3. The predicted octanol–water partition coefficient (Wildman–Crippen LogP) is 3.02. The van der Waals surface area contributed by atoms with Crippen LogP contribution in [0.5, 0.6) is 0 Å². The van der Waals surface area contributed by atoms with Crippen LogP contribution in [0.15, 0.2) is 24.3 Å². The summed E-state index contributed by atoms with van der Waals surface area (Å²) in [5, 5.41) is 0. The molecule has 1 aromatic rings. The van der Waals surface area contributed by atoms with Crippen LogP contribution in [-0.2, 0) is 6.54 Å². The summed E-state index contributed by atoms with van der Waals surface area (Å²) in [5.74, 6) is 0.677. The van der Waals surface area contributed by atoms with Crippen molar-refractivity contribution >= 4 is 5.69 Å². The van der Waals surface area contributed by atoms with Gasteiger partial charge >= 0.3 is 0 Å². The molecule has 0 unspecified atom stereocenters. The molecule has 2 heteroatoms. The highest BCUT2D eigenvalue weighted by Gasteiger charge is 2.11. The van der Waals surface area contributed by atoms with Gasteiger partial charge in [0.05, 0.1) is 0 Å². The lowest BCUT2D eigenvalue weighted by atomic mass is 10.1. The van der Waals surface area contributed by atoms with Gasteiger partial charge < -0.3 is 10.6 Å². The number of anilines is 1. The molecule has 0 saturated heterocycles. The minimum Gasteiger partial charge on any atom is -0.369 e. The van der Waals surface area contributed by atoms with E-state index >= 15 is 0 Å². The summed E-state index contributed by atoms with van der Waals surface area (Å²) in [6, 6.07) is 9.11. The van der Waals surface area contributed by atoms with Crippen molar-refractivity contribution in [2.45, 2.75) is 40.3 Å². The Balaban J connectivity index is 2.84. The number of nitrogens with two attached hydrogens (primary N) is 1. The molecule has 0 bridgehead atoms. The Bertz CT molecular complexity index is 301. The molecular formula is C14H24N2. The van der Waals surface area contributed by atoms with Crippen LogP contribution in [0, 0.1) is 5.92 Å². The maximum absolute atomic E-state index is 5.60. The Morgan fingerprint density at radius 3 is 2.00 bits per heavy atom. The summed E-state index contributed by atoms with van der Waals surface area (Å²) in [5.41, 5.74) is 8.09. The average Bonchev–Trinajstić information content (AvgIpc) is 2.25. The van der Waals surface area contributed by atoms with Crippen LogP contribution in [0.1, 0.15) is 33.3 Å². The van der Waals surface area contributed by atoms with Crippen molar-refractivity contribution in [2.24, 2.45) is 11.7 Å². The van der Waals surface area contributed by atoms with E-state index in [-0.39, 0.29) is 0 Å². The van der Waals surface area contributed by atoms with Gasteiger partial charge in [-0.05, 0) is 37.5 Å². The van der Waals surface area contributed by atoms with Crippen molar-refractivity contribution in [3.05, 3.63) is 29.8 Å². The summed E-state index contributed by atoms with van der Waals surface area (Å²) >= 11 is 0. The summed E-state index contributed by atoms with van der Waals surface area (Å²) < 4.78 is 0. The summed E-state index contributed by atoms with van der Waals surface area (Å²) in [6.45, 7) is 10.7. The van der Waals surface area contributed by atoms with Crippen LogP contribution in [0.25, 0.3) is 0 Å². The van der Waals surface area contributed by atoms with Crippen molar-refractivity contribution < 1.29 is 0 Å². The first-order valence-electron chi connectivity index (χ1n) is 6.10. The third kappa shape index (κ3) is 3.53. The first-order chi connectivity index (χ1) is 7.54. The van der Waals surface area contributed by atoms with Gasteiger partial charge in [0, 0.05) is 24.8 Å². The van der Waals surface area contributed by atoms with E-state index < -0.39 is 0 Å². The molecule has 0 aliphatic heterocycles. The number of rotatable bonds is 5. The van der Waals surface area contributed by atoms with Gasteiger partial charge in [0.1, 0.15) is 0 Å². The maximum atomic E-state index is 5.60. The molecule has 16 heavy (non-hydrogen) atoms. The minimum atomic E-state index is 0.533. The molecule has 0 aromatic heterocycles. The van der Waals surface area contributed by atoms with Crippen molar-refractivity contribution in [3.8, 4) is 0 Å². The Hall–Kier alpha value is -1.02. The fourth-order valence-corrected chi connectivity index (χ4v) is 1.83. The zero-order valence-electron chi connectivity index (χ0n) is 10.9. The maximum Gasteiger partial charge on any atom is 0.0368 e. The van der Waals surface area contributed by atoms with E-state index in [9.17, 15) is 0 Å². The number of hydrogen-bond donors (Lipinski definition) is 1. The minimum absolute atomic E-state index is 0.533. The summed E-state index contributed by atoms with van der Waals surface area (Å²) in [7, 11) is 0. The molecule has 0 radical (unpaired) electrons. The third-order valence-corrected chi connectivity index (χ3v) is 2.69. The van der Waals surface area contributed by atoms with E-state index in [1.165, 1.54) is 11.3 Å². The second-order valence-electron chi connectivity index (χ2n) is 5.01. The Morgan fingerprint density at radius 2 is 1.62 bits per heavy atom. The molecule has 2 N–H and O–H groups in total. The zero-order valence-corrected chi connectivity index (χ0v) is 10.9. The lowest BCUT2D eigenvalue weighted by molar-refractivity contribution is 0.571. The topological polar surface area (TPSA) is 29.3 Å². The molecule has 2 nitrogen and oxygen atoms in total. The molecule has 0 spiro atoms. The normalized spacial score (nSPS) is 11.2. The molecule has 1 aromatic carbocycles. The number of hydrogen-bond acceptors (Lipinski definition) is 2. The van der Waals surface area contributed by atoms with Crippen molar-refractivity contribution in [2.75, 3.05) is 11.4 Å². The molecule has 0 amide bonds. The molecule has 0 aliphatic carbocycles. The lowest BCUT2D eigenvalue weighted by Crippen LogP contribution is -2.34. The molecule has 0 fully saturated rings. The molecular weight excluding hydrogens is 196 g/mol. The second-order valence-corrected chi connectivity index (χ2v) is 5.01. The van der Waals surface area contributed by atoms with Gasteiger partial charge in [-0.2, -0.15) is 0 Å². The van der Waals surface area contributed by atoms with Gasteiger partial charge in [-0.1, -0.05) is 26.0 Å². The van der Waals surface area contributed by atoms with Crippen LogP contribution in [0.3, 0.4) is 0 Å². The summed E-state index contributed by atoms with van der Waals surface area (Å²) in [6.07, 6.45) is 0. The van der Waals surface area contributed by atoms with Crippen molar-refractivity contribution in [1.29, 1.82) is 0 Å². The van der Waals surface area contributed by atoms with Crippen molar-refractivity contribution in [1.82, 2.24) is 0 Å². The van der Waals surface area contributed by atoms with Crippen LogP contribution in [0.4, 0.5) is 5.69 Å². The van der Waals surface area contributed by atoms with Crippen LogP contribution in [0.2, 0.25) is 0 Å². The van der Waals surface area contributed by atoms with Crippen LogP contribution < -0.4 is 10.6 Å². The summed E-state index contributed by atoms with van der Waals surface area (Å²) in [4.78, 5) is 2.44. The monoisotopic (exact) mass is 220 g/mol. The molecule has 1 rings (SSSR count). The van der Waals surface area contributed by atoms with Gasteiger partial charge in [0.15, 0.2) is 0 Å². The van der Waals surface area contributed by atoms with Gasteiger partial charge in [-0.15, -0.1) is 0 Å². The van der Waals surface area contributed by atoms with Gasteiger partial charge in [0.25, 0.3) is 0 Å². The van der Waals surface area contributed by atoms with Crippen molar-refractivity contribution in [3.63, 3.8) is 0 Å². The quantitative estimate of drug-likeness (QED) is 0.826. The number of nitrogens with zero attached hydrogens (tertiary/aromatic N) is 1. The smallest absolute Gasteiger partial charge is 0.0368 e. The number of benzene rings is 1. The molecule has 0 heterocycles. The molecule has 0 saturated carbocycles. The Labute approximate surface area is 99.5 Å². The second kappa shape index (κ2) is 5.90. The highest BCUT2D eigenvalue weighted by atomic mass is 15.1. The highest BCUT2D eigenvalue weighted by molar-refractivity contribution is 5.48.